The first-order valence-electron chi connectivity index (χ1n) is 6.41. The Morgan fingerprint density at radius 3 is 3.10 bits per heavy atom. The molecule has 20 heavy (non-hydrogen) atoms. The number of carbonyl (C=O) groups excluding carboxylic acids is 1. The fourth-order valence-electron chi connectivity index (χ4n) is 2.10. The third-order valence-electron chi connectivity index (χ3n) is 3.24. The van der Waals surface area contributed by atoms with Gasteiger partial charge in [0.2, 0.25) is 0 Å². The normalized spacial score (nSPS) is 10.8. The first-order valence-corrected chi connectivity index (χ1v) is 6.41. The third kappa shape index (κ3) is 2.40. The molecule has 3 rings (SSSR count). The van der Waals surface area contributed by atoms with Crippen LogP contribution in [0.3, 0.4) is 0 Å². The van der Waals surface area contributed by atoms with E-state index in [4.69, 9.17) is 0 Å². The molecule has 6 nitrogen and oxygen atoms in total. The van der Waals surface area contributed by atoms with Gasteiger partial charge >= 0.3 is 0 Å². The summed E-state index contributed by atoms with van der Waals surface area (Å²) >= 11 is 0. The number of fused-ring (bicyclic) bond motifs is 1. The first kappa shape index (κ1) is 12.4. The molecule has 0 unspecified atom stereocenters. The average molecular weight is 269 g/mol. The highest BCUT2D eigenvalue weighted by atomic mass is 16.1. The molecule has 0 saturated heterocycles. The molecule has 102 valence electrons. The number of aromatic amines is 1. The number of nitrogens with zero attached hydrogens (tertiary/aromatic N) is 3. The van der Waals surface area contributed by atoms with E-state index in [9.17, 15) is 4.79 Å². The lowest BCUT2D eigenvalue weighted by molar-refractivity contribution is 0.0954. The molecule has 6 heteroatoms. The second kappa shape index (κ2) is 5.16. The van der Waals surface area contributed by atoms with Crippen LogP contribution in [-0.2, 0) is 13.5 Å². The van der Waals surface area contributed by atoms with Crippen molar-refractivity contribution in [3.8, 4) is 0 Å². The number of imidazole rings is 2. The first-order chi connectivity index (χ1) is 9.74. The number of nitrogens with one attached hydrogen (secondary N) is 2. The zero-order valence-electron chi connectivity index (χ0n) is 11.1. The summed E-state index contributed by atoms with van der Waals surface area (Å²) in [5.74, 6) is 0.866. The SMILES string of the molecule is Cn1ccnc1CCNC(=O)c1ccc2nc[nH]c2c1. The second-order valence-corrected chi connectivity index (χ2v) is 4.59. The maximum absolute atomic E-state index is 12.1. The molecule has 0 atom stereocenters. The highest BCUT2D eigenvalue weighted by Crippen LogP contribution is 2.11. The maximum atomic E-state index is 12.1. The summed E-state index contributed by atoms with van der Waals surface area (Å²) in [4.78, 5) is 23.4. The van der Waals surface area contributed by atoms with Crippen LogP contribution in [0, 0.1) is 0 Å². The zero-order valence-corrected chi connectivity index (χ0v) is 11.1. The van der Waals surface area contributed by atoms with E-state index in [0.29, 0.717) is 18.5 Å². The van der Waals surface area contributed by atoms with Crippen molar-refractivity contribution in [2.75, 3.05) is 6.54 Å². The summed E-state index contributed by atoms with van der Waals surface area (Å²) in [5.41, 5.74) is 2.35. The predicted octanol–water partition coefficient (Wildman–Crippen LogP) is 1.27. The quantitative estimate of drug-likeness (QED) is 0.749. The Balaban J connectivity index is 1.62. The van der Waals surface area contributed by atoms with E-state index in [1.165, 1.54) is 0 Å². The zero-order chi connectivity index (χ0) is 13.9. The Bertz CT molecular complexity index is 743. The van der Waals surface area contributed by atoms with Crippen LogP contribution in [-0.4, -0.2) is 32.0 Å². The maximum Gasteiger partial charge on any atom is 0.251 e. The van der Waals surface area contributed by atoms with Crippen LogP contribution in [0.1, 0.15) is 16.2 Å². The Kier molecular flexibility index (Phi) is 3.20. The predicted molar refractivity (Wildman–Crippen MR) is 75.3 cm³/mol. The van der Waals surface area contributed by atoms with Gasteiger partial charge in [-0.3, -0.25) is 4.79 Å². The van der Waals surface area contributed by atoms with Crippen LogP contribution in [0.4, 0.5) is 0 Å². The van der Waals surface area contributed by atoms with Gasteiger partial charge in [-0.1, -0.05) is 0 Å². The van der Waals surface area contributed by atoms with E-state index in [-0.39, 0.29) is 5.91 Å². The molecule has 0 aliphatic heterocycles. The van der Waals surface area contributed by atoms with E-state index in [2.05, 4.69) is 20.3 Å². The van der Waals surface area contributed by atoms with Gasteiger partial charge in [-0.15, -0.1) is 0 Å². The molecule has 2 N–H and O–H groups in total. The van der Waals surface area contributed by atoms with Gasteiger partial charge in [-0.05, 0) is 18.2 Å². The minimum Gasteiger partial charge on any atom is -0.352 e. The number of rotatable bonds is 4. The van der Waals surface area contributed by atoms with Gasteiger partial charge in [0.05, 0.1) is 17.4 Å². The van der Waals surface area contributed by atoms with Gasteiger partial charge in [0.25, 0.3) is 5.91 Å². The van der Waals surface area contributed by atoms with Crippen molar-refractivity contribution in [3.05, 3.63) is 48.3 Å². The van der Waals surface area contributed by atoms with Gasteiger partial charge < -0.3 is 14.9 Å². The van der Waals surface area contributed by atoms with Gasteiger partial charge in [-0.25, -0.2) is 9.97 Å². The van der Waals surface area contributed by atoms with Crippen LogP contribution in [0.15, 0.2) is 36.9 Å². The summed E-state index contributed by atoms with van der Waals surface area (Å²) in [6.07, 6.45) is 5.97. The number of aryl methyl sites for hydroxylation is 1. The summed E-state index contributed by atoms with van der Waals surface area (Å²) in [6, 6.07) is 5.41. The number of hydrogen-bond acceptors (Lipinski definition) is 3. The van der Waals surface area contributed by atoms with Crippen molar-refractivity contribution in [1.82, 2.24) is 24.8 Å². The van der Waals surface area contributed by atoms with Crippen molar-refractivity contribution in [2.45, 2.75) is 6.42 Å². The lowest BCUT2D eigenvalue weighted by atomic mass is 10.2. The molecule has 0 aliphatic carbocycles. The van der Waals surface area contributed by atoms with Gasteiger partial charge in [-0.2, -0.15) is 0 Å². The summed E-state index contributed by atoms with van der Waals surface area (Å²) < 4.78 is 1.95. The number of H-pyrrole nitrogens is 1. The van der Waals surface area contributed by atoms with E-state index < -0.39 is 0 Å². The van der Waals surface area contributed by atoms with Crippen LogP contribution < -0.4 is 5.32 Å². The van der Waals surface area contributed by atoms with Crippen LogP contribution in [0.5, 0.6) is 0 Å². The topological polar surface area (TPSA) is 75.6 Å². The number of carbonyl (C=O) groups is 1. The van der Waals surface area contributed by atoms with Crippen molar-refractivity contribution >= 4 is 16.9 Å². The molecule has 0 radical (unpaired) electrons. The average Bonchev–Trinajstić information content (AvgIpc) is 3.07. The van der Waals surface area contributed by atoms with E-state index in [1.807, 2.05) is 23.9 Å². The highest BCUT2D eigenvalue weighted by molar-refractivity contribution is 5.97. The van der Waals surface area contributed by atoms with Gasteiger partial charge in [0.1, 0.15) is 5.82 Å². The molecule has 0 fully saturated rings. The molecular weight excluding hydrogens is 254 g/mol. The minimum atomic E-state index is -0.0873. The summed E-state index contributed by atoms with van der Waals surface area (Å²) in [5, 5.41) is 2.89. The number of hydrogen-bond donors (Lipinski definition) is 2. The van der Waals surface area contributed by atoms with Crippen LogP contribution >= 0.6 is 0 Å². The highest BCUT2D eigenvalue weighted by Gasteiger charge is 2.07. The molecule has 0 spiro atoms. The van der Waals surface area contributed by atoms with E-state index in [1.54, 1.807) is 24.7 Å². The molecule has 3 aromatic rings. The largest absolute Gasteiger partial charge is 0.352 e. The molecule has 1 amide bonds. The van der Waals surface area contributed by atoms with Gasteiger partial charge in [0, 0.05) is 38.0 Å². The van der Waals surface area contributed by atoms with E-state index in [0.717, 1.165) is 16.9 Å². The fourth-order valence-corrected chi connectivity index (χ4v) is 2.10. The molecular formula is C14H15N5O. The van der Waals surface area contributed by atoms with Crippen molar-refractivity contribution < 1.29 is 4.79 Å². The Hall–Kier alpha value is -2.63. The van der Waals surface area contributed by atoms with E-state index >= 15 is 0 Å². The Morgan fingerprint density at radius 1 is 1.40 bits per heavy atom. The minimum absolute atomic E-state index is 0.0873. The molecule has 0 aliphatic rings. The van der Waals surface area contributed by atoms with Gasteiger partial charge in [0.15, 0.2) is 0 Å². The molecule has 1 aromatic carbocycles. The smallest absolute Gasteiger partial charge is 0.251 e. The lowest BCUT2D eigenvalue weighted by Gasteiger charge is -2.05. The number of aromatic nitrogens is 4. The summed E-state index contributed by atoms with van der Waals surface area (Å²) in [7, 11) is 1.94. The second-order valence-electron chi connectivity index (χ2n) is 4.59. The number of amides is 1. The fraction of sp³-hybridized carbons (Fsp3) is 0.214. The standard InChI is InChI=1S/C14H15N5O/c1-19-7-6-15-13(19)4-5-16-14(20)10-2-3-11-12(8-10)18-9-17-11/h2-3,6-9H,4-5H2,1H3,(H,16,20)(H,17,18). The molecule has 0 saturated carbocycles. The summed E-state index contributed by atoms with van der Waals surface area (Å²) in [6.45, 7) is 0.560. The Labute approximate surface area is 115 Å². The molecule has 0 bridgehead atoms. The third-order valence-corrected chi connectivity index (χ3v) is 3.24. The lowest BCUT2D eigenvalue weighted by Crippen LogP contribution is -2.26. The Morgan fingerprint density at radius 2 is 2.30 bits per heavy atom. The van der Waals surface area contributed by atoms with Crippen molar-refractivity contribution in [2.24, 2.45) is 7.05 Å². The molecule has 2 aromatic heterocycles. The van der Waals surface area contributed by atoms with Crippen LogP contribution in [0.2, 0.25) is 0 Å². The number of benzene rings is 1. The van der Waals surface area contributed by atoms with Crippen molar-refractivity contribution in [3.63, 3.8) is 0 Å². The molecule has 2 heterocycles. The monoisotopic (exact) mass is 269 g/mol. The van der Waals surface area contributed by atoms with Crippen molar-refractivity contribution in [1.29, 1.82) is 0 Å². The van der Waals surface area contributed by atoms with Crippen LogP contribution in [0.25, 0.3) is 11.0 Å².